The predicted molar refractivity (Wildman–Crippen MR) is 74.5 cm³/mol. The smallest absolute Gasteiger partial charge is 0.0947 e. The van der Waals surface area contributed by atoms with Crippen molar-refractivity contribution in [2.24, 2.45) is 5.92 Å². The number of likely N-dealkylation sites (N-methyl/N-ethyl adjacent to an activating group) is 1. The van der Waals surface area contributed by atoms with Crippen LogP contribution in [0.5, 0.6) is 0 Å². The molecular formula is C15H26N2O. The molecule has 1 aromatic heterocycles. The molecule has 2 atom stereocenters. The lowest BCUT2D eigenvalue weighted by Crippen LogP contribution is -2.38. The van der Waals surface area contributed by atoms with E-state index in [0.717, 1.165) is 31.6 Å². The van der Waals surface area contributed by atoms with E-state index in [9.17, 15) is 0 Å². The molecule has 102 valence electrons. The van der Waals surface area contributed by atoms with E-state index in [2.05, 4.69) is 24.2 Å². The first-order valence-corrected chi connectivity index (χ1v) is 7.17. The number of hydrogen-bond acceptors (Lipinski definition) is 3. The Bertz CT molecular complexity index is 323. The normalized spacial score (nSPS) is 24.6. The monoisotopic (exact) mass is 250 g/mol. The number of hydrogen-bond donors (Lipinski definition) is 1. The van der Waals surface area contributed by atoms with Crippen LogP contribution in [0.2, 0.25) is 0 Å². The molecule has 0 aromatic carbocycles. The molecule has 0 aliphatic heterocycles. The molecule has 2 unspecified atom stereocenters. The van der Waals surface area contributed by atoms with Gasteiger partial charge in [0, 0.05) is 31.2 Å². The molecule has 18 heavy (non-hydrogen) atoms. The molecule has 0 spiro atoms. The molecule has 1 saturated carbocycles. The highest BCUT2D eigenvalue weighted by Gasteiger charge is 2.17. The van der Waals surface area contributed by atoms with Crippen molar-refractivity contribution in [2.45, 2.75) is 45.2 Å². The van der Waals surface area contributed by atoms with Crippen molar-refractivity contribution in [1.29, 1.82) is 0 Å². The fourth-order valence-electron chi connectivity index (χ4n) is 2.85. The fraction of sp³-hybridized carbons (Fsp3) is 0.733. The third-order valence-corrected chi connectivity index (χ3v) is 3.90. The standard InChI is InChI=1S/C15H26N2O/c1-13-4-3-5-15(10-13)16-7-8-17(2)11-14-6-9-18-12-14/h6,9,12-13,15-16H,3-5,7-8,10-11H2,1-2H3. The van der Waals surface area contributed by atoms with Crippen molar-refractivity contribution in [1.82, 2.24) is 10.2 Å². The van der Waals surface area contributed by atoms with Crippen molar-refractivity contribution in [3.8, 4) is 0 Å². The second-order valence-electron chi connectivity index (χ2n) is 5.79. The first kappa shape index (κ1) is 13.6. The lowest BCUT2D eigenvalue weighted by atomic mass is 9.87. The van der Waals surface area contributed by atoms with Gasteiger partial charge >= 0.3 is 0 Å². The zero-order chi connectivity index (χ0) is 12.8. The van der Waals surface area contributed by atoms with E-state index in [1.54, 1.807) is 6.26 Å². The van der Waals surface area contributed by atoms with Gasteiger partial charge in [0.15, 0.2) is 0 Å². The summed E-state index contributed by atoms with van der Waals surface area (Å²) in [5, 5.41) is 3.70. The summed E-state index contributed by atoms with van der Waals surface area (Å²) in [6.45, 7) is 5.53. The topological polar surface area (TPSA) is 28.4 Å². The Labute approximate surface area is 111 Å². The van der Waals surface area contributed by atoms with Gasteiger partial charge in [0.2, 0.25) is 0 Å². The summed E-state index contributed by atoms with van der Waals surface area (Å²) < 4.78 is 5.08. The summed E-state index contributed by atoms with van der Waals surface area (Å²) in [5.41, 5.74) is 1.25. The van der Waals surface area contributed by atoms with Crippen LogP contribution in [0.4, 0.5) is 0 Å². The van der Waals surface area contributed by atoms with Gasteiger partial charge in [-0.1, -0.05) is 19.8 Å². The summed E-state index contributed by atoms with van der Waals surface area (Å²) >= 11 is 0. The maximum absolute atomic E-state index is 5.08. The quantitative estimate of drug-likeness (QED) is 0.841. The van der Waals surface area contributed by atoms with Crippen LogP contribution in [-0.2, 0) is 6.54 Å². The molecule has 0 radical (unpaired) electrons. The summed E-state index contributed by atoms with van der Waals surface area (Å²) in [6, 6.07) is 2.78. The van der Waals surface area contributed by atoms with Crippen LogP contribution in [0, 0.1) is 5.92 Å². The van der Waals surface area contributed by atoms with E-state index < -0.39 is 0 Å². The summed E-state index contributed by atoms with van der Waals surface area (Å²) in [7, 11) is 2.16. The Morgan fingerprint density at radius 2 is 2.33 bits per heavy atom. The molecule has 1 aromatic rings. The molecule has 1 N–H and O–H groups in total. The summed E-state index contributed by atoms with van der Waals surface area (Å²) in [5.74, 6) is 0.903. The molecule has 0 bridgehead atoms. The highest BCUT2D eigenvalue weighted by atomic mass is 16.3. The number of furan rings is 1. The van der Waals surface area contributed by atoms with Gasteiger partial charge in [-0.15, -0.1) is 0 Å². The number of rotatable bonds is 6. The van der Waals surface area contributed by atoms with E-state index >= 15 is 0 Å². The van der Waals surface area contributed by atoms with Crippen LogP contribution in [0.15, 0.2) is 23.0 Å². The zero-order valence-corrected chi connectivity index (χ0v) is 11.7. The van der Waals surface area contributed by atoms with Crippen LogP contribution >= 0.6 is 0 Å². The number of nitrogens with zero attached hydrogens (tertiary/aromatic N) is 1. The Kier molecular flexibility index (Phi) is 5.26. The van der Waals surface area contributed by atoms with Crippen LogP contribution in [0.3, 0.4) is 0 Å². The molecule has 3 heteroatoms. The minimum absolute atomic E-state index is 0.746. The maximum atomic E-state index is 5.08. The van der Waals surface area contributed by atoms with Crippen molar-refractivity contribution >= 4 is 0 Å². The molecular weight excluding hydrogens is 224 g/mol. The van der Waals surface area contributed by atoms with Gasteiger partial charge in [-0.05, 0) is 31.9 Å². The van der Waals surface area contributed by atoms with Crippen LogP contribution in [-0.4, -0.2) is 31.1 Å². The van der Waals surface area contributed by atoms with Gasteiger partial charge in [0.25, 0.3) is 0 Å². The second-order valence-corrected chi connectivity index (χ2v) is 5.79. The van der Waals surface area contributed by atoms with E-state index in [1.807, 2.05) is 12.3 Å². The Morgan fingerprint density at radius 3 is 3.06 bits per heavy atom. The Morgan fingerprint density at radius 1 is 1.44 bits per heavy atom. The third kappa shape index (κ3) is 4.46. The van der Waals surface area contributed by atoms with Crippen LogP contribution in [0.1, 0.15) is 38.2 Å². The summed E-state index contributed by atoms with van der Waals surface area (Å²) in [4.78, 5) is 2.34. The second kappa shape index (κ2) is 6.95. The highest BCUT2D eigenvalue weighted by Crippen LogP contribution is 2.23. The molecule has 1 heterocycles. The SMILES string of the molecule is CC1CCCC(NCCN(C)Cc2ccoc2)C1. The minimum Gasteiger partial charge on any atom is -0.472 e. The van der Waals surface area contributed by atoms with Gasteiger partial charge in [0.05, 0.1) is 12.5 Å². The van der Waals surface area contributed by atoms with Gasteiger partial charge in [-0.3, -0.25) is 0 Å². The molecule has 1 aliphatic carbocycles. The molecule has 2 rings (SSSR count). The average Bonchev–Trinajstić information content (AvgIpc) is 2.82. The molecule has 0 amide bonds. The van der Waals surface area contributed by atoms with E-state index in [0.29, 0.717) is 0 Å². The van der Waals surface area contributed by atoms with Crippen molar-refractivity contribution in [3.63, 3.8) is 0 Å². The largest absolute Gasteiger partial charge is 0.472 e. The lowest BCUT2D eigenvalue weighted by molar-refractivity contribution is 0.274. The van der Waals surface area contributed by atoms with Gasteiger partial charge < -0.3 is 14.6 Å². The molecule has 1 aliphatic rings. The fourth-order valence-corrected chi connectivity index (χ4v) is 2.85. The van der Waals surface area contributed by atoms with E-state index in [-0.39, 0.29) is 0 Å². The van der Waals surface area contributed by atoms with Gasteiger partial charge in [-0.2, -0.15) is 0 Å². The zero-order valence-electron chi connectivity index (χ0n) is 11.7. The molecule has 1 fully saturated rings. The first-order chi connectivity index (χ1) is 8.74. The van der Waals surface area contributed by atoms with E-state index in [1.165, 1.54) is 31.2 Å². The molecule has 3 nitrogen and oxygen atoms in total. The van der Waals surface area contributed by atoms with Crippen molar-refractivity contribution in [3.05, 3.63) is 24.2 Å². The highest BCUT2D eigenvalue weighted by molar-refractivity contribution is 5.04. The Balaban J connectivity index is 1.59. The number of nitrogens with one attached hydrogen (secondary N) is 1. The van der Waals surface area contributed by atoms with E-state index in [4.69, 9.17) is 4.42 Å². The minimum atomic E-state index is 0.746. The maximum Gasteiger partial charge on any atom is 0.0947 e. The third-order valence-electron chi connectivity index (χ3n) is 3.90. The van der Waals surface area contributed by atoms with Gasteiger partial charge in [0.1, 0.15) is 0 Å². The van der Waals surface area contributed by atoms with Gasteiger partial charge in [-0.25, -0.2) is 0 Å². The average molecular weight is 250 g/mol. The van der Waals surface area contributed by atoms with Crippen LogP contribution in [0.25, 0.3) is 0 Å². The van der Waals surface area contributed by atoms with Crippen LogP contribution < -0.4 is 5.32 Å². The summed E-state index contributed by atoms with van der Waals surface area (Å²) in [6.07, 6.45) is 9.08. The van der Waals surface area contributed by atoms with Crippen molar-refractivity contribution in [2.75, 3.05) is 20.1 Å². The Hall–Kier alpha value is -0.800. The molecule has 0 saturated heterocycles. The first-order valence-electron chi connectivity index (χ1n) is 7.17. The predicted octanol–water partition coefficient (Wildman–Crippen LogP) is 2.88. The van der Waals surface area contributed by atoms with Crippen molar-refractivity contribution < 1.29 is 4.42 Å². The lowest BCUT2D eigenvalue weighted by Gasteiger charge is -2.28.